The molecule has 3 aromatic carbocycles. The molecule has 0 saturated heterocycles. The molecule has 0 atom stereocenters. The normalized spacial score (nSPS) is 11.9. The molecule has 3 aromatic rings. The van der Waals surface area contributed by atoms with E-state index < -0.39 is 0 Å². The van der Waals surface area contributed by atoms with Gasteiger partial charge in [0.25, 0.3) is 0 Å². The van der Waals surface area contributed by atoms with Gasteiger partial charge >= 0.3 is 0 Å². The van der Waals surface area contributed by atoms with Crippen LogP contribution in [0.1, 0.15) is 11.1 Å². The van der Waals surface area contributed by atoms with E-state index in [0.717, 1.165) is 16.1 Å². The highest BCUT2D eigenvalue weighted by atomic mass is 32.2. The van der Waals surface area contributed by atoms with Crippen molar-refractivity contribution in [2.24, 2.45) is 4.99 Å². The number of halogens is 2. The van der Waals surface area contributed by atoms with Crippen molar-refractivity contribution < 1.29 is 8.78 Å². The van der Waals surface area contributed by atoms with Gasteiger partial charge in [-0.1, -0.05) is 41.6 Å². The Hall–Kier alpha value is -2.72. The smallest absolute Gasteiger partial charge is 0.132 e. The summed E-state index contributed by atoms with van der Waals surface area (Å²) in [7, 11) is 0. The Labute approximate surface area is 156 Å². The van der Waals surface area contributed by atoms with Crippen LogP contribution in [0.4, 0.5) is 14.5 Å². The molecule has 3 rings (SSSR count). The standard InChI is InChI=1S/C22H17F2NS/c1-16-6-10-18(11-7-16)25-22(20-4-2-3-5-21(20)24)14-15-26-19-12-8-17(23)9-13-19/h2-15H,1H3/b15-14+,25-22?. The number of hydrogen-bond acceptors (Lipinski definition) is 2. The summed E-state index contributed by atoms with van der Waals surface area (Å²) in [5.74, 6) is -0.596. The Morgan fingerprint density at radius 3 is 2.27 bits per heavy atom. The fourth-order valence-electron chi connectivity index (χ4n) is 2.30. The van der Waals surface area contributed by atoms with Crippen molar-refractivity contribution in [1.82, 2.24) is 0 Å². The van der Waals surface area contributed by atoms with Crippen molar-refractivity contribution in [2.45, 2.75) is 11.8 Å². The first-order valence-electron chi connectivity index (χ1n) is 8.11. The SMILES string of the molecule is Cc1ccc(N=C(/C=C/Sc2ccc(F)cc2)c2ccccc2F)cc1. The van der Waals surface area contributed by atoms with Crippen LogP contribution in [0, 0.1) is 18.6 Å². The van der Waals surface area contributed by atoms with E-state index in [1.807, 2.05) is 36.6 Å². The summed E-state index contributed by atoms with van der Waals surface area (Å²) in [5, 5.41) is 1.83. The number of nitrogens with zero attached hydrogens (tertiary/aromatic N) is 1. The van der Waals surface area contributed by atoms with Gasteiger partial charge in [-0.25, -0.2) is 13.8 Å². The fourth-order valence-corrected chi connectivity index (χ4v) is 2.95. The molecule has 1 nitrogen and oxygen atoms in total. The zero-order valence-electron chi connectivity index (χ0n) is 14.2. The lowest BCUT2D eigenvalue weighted by Gasteiger charge is -2.05. The van der Waals surface area contributed by atoms with Crippen molar-refractivity contribution in [3.63, 3.8) is 0 Å². The Bertz CT molecular complexity index is 929. The summed E-state index contributed by atoms with van der Waals surface area (Å²) in [5.41, 5.74) is 2.86. The molecule has 0 fully saturated rings. The number of allylic oxidation sites excluding steroid dienone is 1. The number of aliphatic imine (C=N–C) groups is 1. The van der Waals surface area contributed by atoms with Crippen molar-refractivity contribution >= 4 is 23.2 Å². The lowest BCUT2D eigenvalue weighted by atomic mass is 10.1. The topological polar surface area (TPSA) is 12.4 Å². The molecule has 0 bridgehead atoms. The van der Waals surface area contributed by atoms with E-state index in [9.17, 15) is 8.78 Å². The lowest BCUT2D eigenvalue weighted by Crippen LogP contribution is -1.99. The molecule has 0 N–H and O–H groups in total. The van der Waals surface area contributed by atoms with Gasteiger partial charge in [-0.3, -0.25) is 0 Å². The first-order chi connectivity index (χ1) is 12.6. The molecular formula is C22H17F2NS. The largest absolute Gasteiger partial charge is 0.248 e. The molecule has 0 spiro atoms. The van der Waals surface area contributed by atoms with Crippen molar-refractivity contribution in [1.29, 1.82) is 0 Å². The molecule has 0 amide bonds. The Morgan fingerprint density at radius 1 is 0.885 bits per heavy atom. The minimum Gasteiger partial charge on any atom is -0.248 e. The van der Waals surface area contributed by atoms with Gasteiger partial charge in [0.05, 0.1) is 11.4 Å². The predicted octanol–water partition coefficient (Wildman–Crippen LogP) is 6.70. The maximum atomic E-state index is 14.2. The summed E-state index contributed by atoms with van der Waals surface area (Å²) < 4.78 is 27.2. The van der Waals surface area contributed by atoms with E-state index in [1.54, 1.807) is 36.4 Å². The number of aryl methyl sites for hydroxylation is 1. The molecular weight excluding hydrogens is 348 g/mol. The van der Waals surface area contributed by atoms with Gasteiger partial charge in [0.2, 0.25) is 0 Å². The van der Waals surface area contributed by atoms with Gasteiger partial charge in [-0.2, -0.15) is 0 Å². The first-order valence-corrected chi connectivity index (χ1v) is 8.99. The van der Waals surface area contributed by atoms with Crippen molar-refractivity contribution in [2.75, 3.05) is 0 Å². The van der Waals surface area contributed by atoms with E-state index in [2.05, 4.69) is 4.99 Å². The molecule has 0 aliphatic heterocycles. The van der Waals surface area contributed by atoms with E-state index in [1.165, 1.54) is 30.0 Å². The summed E-state index contributed by atoms with van der Waals surface area (Å²) in [6, 6.07) is 20.5. The second kappa shape index (κ2) is 8.59. The van der Waals surface area contributed by atoms with E-state index in [-0.39, 0.29) is 11.6 Å². The number of thioether (sulfide) groups is 1. The van der Waals surface area contributed by atoms with Crippen LogP contribution in [0.5, 0.6) is 0 Å². The zero-order valence-corrected chi connectivity index (χ0v) is 15.0. The maximum Gasteiger partial charge on any atom is 0.132 e. The summed E-state index contributed by atoms with van der Waals surface area (Å²) in [6.45, 7) is 2.00. The number of benzene rings is 3. The van der Waals surface area contributed by atoms with E-state index in [0.29, 0.717) is 11.3 Å². The van der Waals surface area contributed by atoms with Gasteiger partial charge in [0, 0.05) is 10.5 Å². The monoisotopic (exact) mass is 365 g/mol. The molecule has 0 heterocycles. The molecule has 0 aromatic heterocycles. The molecule has 26 heavy (non-hydrogen) atoms. The molecule has 4 heteroatoms. The van der Waals surface area contributed by atoms with Crippen molar-refractivity contribution in [3.8, 4) is 0 Å². The van der Waals surface area contributed by atoms with Crippen molar-refractivity contribution in [3.05, 3.63) is 107 Å². The third-order valence-electron chi connectivity index (χ3n) is 3.68. The van der Waals surface area contributed by atoms with Gasteiger partial charge in [0.15, 0.2) is 0 Å². The molecule has 0 aliphatic carbocycles. The van der Waals surface area contributed by atoms with Crippen LogP contribution in [0.2, 0.25) is 0 Å². The number of hydrogen-bond donors (Lipinski definition) is 0. The van der Waals surface area contributed by atoms with Crippen LogP contribution in [-0.2, 0) is 0 Å². The average molecular weight is 365 g/mol. The van der Waals surface area contributed by atoms with Gasteiger partial charge < -0.3 is 0 Å². The lowest BCUT2D eigenvalue weighted by molar-refractivity contribution is 0.625. The average Bonchev–Trinajstić information content (AvgIpc) is 2.65. The molecule has 0 unspecified atom stereocenters. The fraction of sp³-hybridized carbons (Fsp3) is 0.0455. The van der Waals surface area contributed by atoms with Crippen LogP contribution in [0.3, 0.4) is 0 Å². The Kier molecular flexibility index (Phi) is 5.97. The maximum absolute atomic E-state index is 14.2. The first kappa shape index (κ1) is 18.1. The second-order valence-electron chi connectivity index (χ2n) is 5.69. The Morgan fingerprint density at radius 2 is 1.58 bits per heavy atom. The Balaban J connectivity index is 1.90. The molecule has 0 aliphatic rings. The van der Waals surface area contributed by atoms with Crippen LogP contribution < -0.4 is 0 Å². The molecule has 0 saturated carbocycles. The zero-order chi connectivity index (χ0) is 18.4. The van der Waals surface area contributed by atoms with Gasteiger partial charge in [-0.15, -0.1) is 0 Å². The van der Waals surface area contributed by atoms with Crippen LogP contribution in [-0.4, -0.2) is 5.71 Å². The third kappa shape index (κ3) is 4.90. The predicted molar refractivity (Wildman–Crippen MR) is 105 cm³/mol. The van der Waals surface area contributed by atoms with Gasteiger partial charge in [-0.05, 0) is 66.9 Å². The number of rotatable bonds is 5. The second-order valence-corrected chi connectivity index (χ2v) is 6.67. The third-order valence-corrected chi connectivity index (χ3v) is 4.49. The molecule has 130 valence electrons. The van der Waals surface area contributed by atoms with E-state index in [4.69, 9.17) is 0 Å². The van der Waals surface area contributed by atoms with Crippen LogP contribution in [0.25, 0.3) is 0 Å². The highest BCUT2D eigenvalue weighted by Gasteiger charge is 2.07. The quantitative estimate of drug-likeness (QED) is 0.362. The van der Waals surface area contributed by atoms with Crippen LogP contribution >= 0.6 is 11.8 Å². The highest BCUT2D eigenvalue weighted by molar-refractivity contribution is 8.02. The molecule has 0 radical (unpaired) electrons. The minimum atomic E-state index is -0.324. The summed E-state index contributed by atoms with van der Waals surface area (Å²) in [6.07, 6.45) is 1.77. The highest BCUT2D eigenvalue weighted by Crippen LogP contribution is 2.22. The summed E-state index contributed by atoms with van der Waals surface area (Å²) >= 11 is 1.42. The van der Waals surface area contributed by atoms with Gasteiger partial charge in [0.1, 0.15) is 11.6 Å². The minimum absolute atomic E-state index is 0.272. The summed E-state index contributed by atoms with van der Waals surface area (Å²) in [4.78, 5) is 5.49. The van der Waals surface area contributed by atoms with E-state index >= 15 is 0 Å². The van der Waals surface area contributed by atoms with Crippen LogP contribution in [0.15, 0.2) is 94.2 Å².